The third-order valence-corrected chi connectivity index (χ3v) is 6.77. The largest absolute Gasteiger partial charge is 0.323 e. The number of nitrogens with zero attached hydrogens (tertiary/aromatic N) is 4. The third-order valence-electron chi connectivity index (χ3n) is 6.77. The molecule has 0 bridgehead atoms. The SMILES string of the molecule is Cc1cnc(Nc2cncc(C(=O)Nc3ccc(CN4CCC(C)CC4)cc3)c2)nc1-c1ccccc1. The average molecular weight is 493 g/mol. The maximum absolute atomic E-state index is 12.9. The van der Waals surface area contributed by atoms with Gasteiger partial charge >= 0.3 is 0 Å². The third kappa shape index (κ3) is 6.37. The van der Waals surface area contributed by atoms with E-state index in [1.165, 1.54) is 18.4 Å². The molecule has 37 heavy (non-hydrogen) atoms. The molecule has 0 spiro atoms. The Bertz CT molecular complexity index is 1350. The van der Waals surface area contributed by atoms with Crippen LogP contribution in [0, 0.1) is 12.8 Å². The zero-order chi connectivity index (χ0) is 25.6. The van der Waals surface area contributed by atoms with E-state index in [2.05, 4.69) is 49.5 Å². The highest BCUT2D eigenvalue weighted by Gasteiger charge is 2.16. The van der Waals surface area contributed by atoms with Crippen molar-refractivity contribution in [2.75, 3.05) is 23.7 Å². The number of benzene rings is 2. The van der Waals surface area contributed by atoms with Gasteiger partial charge in [0.25, 0.3) is 5.91 Å². The molecule has 4 aromatic rings. The first-order chi connectivity index (χ1) is 18.0. The maximum atomic E-state index is 12.9. The summed E-state index contributed by atoms with van der Waals surface area (Å²) in [6, 6.07) is 19.8. The van der Waals surface area contributed by atoms with Gasteiger partial charge in [0.15, 0.2) is 0 Å². The summed E-state index contributed by atoms with van der Waals surface area (Å²) in [5.74, 6) is 1.06. The Labute approximate surface area is 218 Å². The molecule has 0 saturated carbocycles. The molecule has 1 amide bonds. The maximum Gasteiger partial charge on any atom is 0.257 e. The van der Waals surface area contributed by atoms with Crippen molar-refractivity contribution in [2.45, 2.75) is 33.2 Å². The molecular formula is C30H32N6O. The highest BCUT2D eigenvalue weighted by Crippen LogP contribution is 2.23. The summed E-state index contributed by atoms with van der Waals surface area (Å²) in [4.78, 5) is 28.7. The topological polar surface area (TPSA) is 83.0 Å². The molecule has 188 valence electrons. The molecule has 1 aliphatic heterocycles. The molecule has 2 N–H and O–H groups in total. The van der Waals surface area contributed by atoms with Crippen molar-refractivity contribution in [1.82, 2.24) is 19.9 Å². The highest BCUT2D eigenvalue weighted by molar-refractivity contribution is 6.04. The molecule has 7 nitrogen and oxygen atoms in total. The molecule has 0 aliphatic carbocycles. The first kappa shape index (κ1) is 24.6. The van der Waals surface area contributed by atoms with Crippen molar-refractivity contribution < 1.29 is 4.79 Å². The van der Waals surface area contributed by atoms with Gasteiger partial charge in [0, 0.05) is 30.2 Å². The number of hydrogen-bond acceptors (Lipinski definition) is 6. The van der Waals surface area contributed by atoms with Crippen LogP contribution in [-0.4, -0.2) is 38.8 Å². The predicted molar refractivity (Wildman–Crippen MR) is 148 cm³/mol. The second-order valence-corrected chi connectivity index (χ2v) is 9.79. The number of rotatable bonds is 7. The Hall–Kier alpha value is -4.10. The number of nitrogens with one attached hydrogen (secondary N) is 2. The van der Waals surface area contributed by atoms with Crippen LogP contribution in [-0.2, 0) is 6.54 Å². The van der Waals surface area contributed by atoms with Crippen LogP contribution in [0.3, 0.4) is 0 Å². The number of carbonyl (C=O) groups excluding carboxylic acids is 1. The van der Waals surface area contributed by atoms with Gasteiger partial charge in [-0.15, -0.1) is 0 Å². The number of likely N-dealkylation sites (tertiary alicyclic amines) is 1. The van der Waals surface area contributed by atoms with Crippen LogP contribution >= 0.6 is 0 Å². The van der Waals surface area contributed by atoms with Crippen molar-refractivity contribution in [2.24, 2.45) is 5.92 Å². The lowest BCUT2D eigenvalue weighted by Gasteiger charge is -2.30. The van der Waals surface area contributed by atoms with E-state index in [1.807, 2.05) is 49.4 Å². The number of piperidine rings is 1. The van der Waals surface area contributed by atoms with Crippen LogP contribution in [0.25, 0.3) is 11.3 Å². The molecular weight excluding hydrogens is 460 g/mol. The molecule has 1 saturated heterocycles. The second-order valence-electron chi connectivity index (χ2n) is 9.79. The van der Waals surface area contributed by atoms with Crippen LogP contribution in [0.1, 0.15) is 41.3 Å². The fourth-order valence-electron chi connectivity index (χ4n) is 4.53. The fraction of sp³-hybridized carbons (Fsp3) is 0.267. The van der Waals surface area contributed by atoms with E-state index < -0.39 is 0 Å². The van der Waals surface area contributed by atoms with Gasteiger partial charge in [0.05, 0.1) is 23.1 Å². The predicted octanol–water partition coefficient (Wildman–Crippen LogP) is 6.07. The number of pyridine rings is 1. The van der Waals surface area contributed by atoms with E-state index >= 15 is 0 Å². The smallest absolute Gasteiger partial charge is 0.257 e. The lowest BCUT2D eigenvalue weighted by Crippen LogP contribution is -2.32. The first-order valence-corrected chi connectivity index (χ1v) is 12.8. The Balaban J connectivity index is 1.22. The molecule has 0 unspecified atom stereocenters. The normalized spacial score (nSPS) is 14.3. The number of aryl methyl sites for hydroxylation is 1. The zero-order valence-electron chi connectivity index (χ0n) is 21.3. The quantitative estimate of drug-likeness (QED) is 0.326. The van der Waals surface area contributed by atoms with E-state index in [-0.39, 0.29) is 5.91 Å². The van der Waals surface area contributed by atoms with E-state index in [0.29, 0.717) is 17.2 Å². The van der Waals surface area contributed by atoms with Gasteiger partial charge in [-0.05, 0) is 68.1 Å². The zero-order valence-corrected chi connectivity index (χ0v) is 21.3. The number of amides is 1. The molecule has 0 radical (unpaired) electrons. The Morgan fingerprint density at radius 3 is 2.49 bits per heavy atom. The van der Waals surface area contributed by atoms with Crippen molar-refractivity contribution >= 4 is 23.2 Å². The van der Waals surface area contributed by atoms with Crippen molar-refractivity contribution in [3.63, 3.8) is 0 Å². The van der Waals surface area contributed by atoms with Crippen LogP contribution in [0.4, 0.5) is 17.3 Å². The molecule has 5 rings (SSSR count). The summed E-state index contributed by atoms with van der Waals surface area (Å²) in [6.07, 6.45) is 7.52. The van der Waals surface area contributed by atoms with E-state index in [9.17, 15) is 4.79 Å². The minimum absolute atomic E-state index is 0.219. The standard InChI is InChI=1S/C30H32N6O/c1-21-12-14-36(15-13-21)20-23-8-10-26(11-9-23)33-29(37)25-16-27(19-31-18-25)34-30-32-17-22(2)28(35-30)24-6-4-3-5-7-24/h3-11,16-19,21H,12-15,20H2,1-2H3,(H,33,37)(H,32,34,35). The van der Waals surface area contributed by atoms with Gasteiger partial charge in [-0.1, -0.05) is 49.4 Å². The van der Waals surface area contributed by atoms with Crippen LogP contribution < -0.4 is 10.6 Å². The summed E-state index contributed by atoms with van der Waals surface area (Å²) in [7, 11) is 0. The van der Waals surface area contributed by atoms with Crippen LogP contribution in [0.15, 0.2) is 79.3 Å². The minimum Gasteiger partial charge on any atom is -0.323 e. The number of hydrogen-bond donors (Lipinski definition) is 2. The molecule has 7 heteroatoms. The summed E-state index contributed by atoms with van der Waals surface area (Å²) < 4.78 is 0. The second kappa shape index (κ2) is 11.3. The van der Waals surface area contributed by atoms with Gasteiger partial charge in [-0.3, -0.25) is 14.7 Å². The van der Waals surface area contributed by atoms with E-state index in [4.69, 9.17) is 0 Å². The van der Waals surface area contributed by atoms with E-state index in [0.717, 1.165) is 48.1 Å². The Kier molecular flexibility index (Phi) is 7.51. The molecule has 2 aromatic carbocycles. The average Bonchev–Trinajstić information content (AvgIpc) is 2.93. The first-order valence-electron chi connectivity index (χ1n) is 12.8. The molecule has 0 atom stereocenters. The number of carbonyl (C=O) groups is 1. The molecule has 2 aromatic heterocycles. The molecule has 3 heterocycles. The van der Waals surface area contributed by atoms with Gasteiger partial charge in [-0.25, -0.2) is 9.97 Å². The Morgan fingerprint density at radius 1 is 0.973 bits per heavy atom. The van der Waals surface area contributed by atoms with Gasteiger partial charge in [0.1, 0.15) is 0 Å². The summed E-state index contributed by atoms with van der Waals surface area (Å²) >= 11 is 0. The summed E-state index contributed by atoms with van der Waals surface area (Å²) in [6.45, 7) is 7.56. The summed E-state index contributed by atoms with van der Waals surface area (Å²) in [5, 5.41) is 6.15. The number of anilines is 3. The van der Waals surface area contributed by atoms with Gasteiger partial charge in [0.2, 0.25) is 5.95 Å². The Morgan fingerprint density at radius 2 is 1.73 bits per heavy atom. The monoisotopic (exact) mass is 492 g/mol. The lowest BCUT2D eigenvalue weighted by molar-refractivity contribution is 0.102. The number of aromatic nitrogens is 3. The van der Waals surface area contributed by atoms with Crippen LogP contribution in [0.5, 0.6) is 0 Å². The van der Waals surface area contributed by atoms with Crippen molar-refractivity contribution in [1.29, 1.82) is 0 Å². The van der Waals surface area contributed by atoms with Gasteiger partial charge in [-0.2, -0.15) is 0 Å². The van der Waals surface area contributed by atoms with E-state index in [1.54, 1.807) is 24.7 Å². The summed E-state index contributed by atoms with van der Waals surface area (Å²) in [5.41, 5.74) is 5.97. The van der Waals surface area contributed by atoms with Crippen molar-refractivity contribution in [3.05, 3.63) is 95.9 Å². The molecule has 1 fully saturated rings. The van der Waals surface area contributed by atoms with Gasteiger partial charge < -0.3 is 10.6 Å². The minimum atomic E-state index is -0.219. The fourth-order valence-corrected chi connectivity index (χ4v) is 4.53. The lowest BCUT2D eigenvalue weighted by atomic mass is 9.99. The van der Waals surface area contributed by atoms with Crippen LogP contribution in [0.2, 0.25) is 0 Å². The van der Waals surface area contributed by atoms with Crippen molar-refractivity contribution in [3.8, 4) is 11.3 Å². The highest BCUT2D eigenvalue weighted by atomic mass is 16.1. The molecule has 1 aliphatic rings.